The van der Waals surface area contributed by atoms with Crippen LogP contribution >= 0.6 is 35.6 Å². The van der Waals surface area contributed by atoms with E-state index in [2.05, 4.69) is 65.4 Å². The molecule has 2 saturated heterocycles. The van der Waals surface area contributed by atoms with E-state index in [4.69, 9.17) is 52.6 Å². The molecule has 20 nitrogen and oxygen atoms in total. The highest BCUT2D eigenvalue weighted by Gasteiger charge is 2.37. The second kappa shape index (κ2) is 24.0. The first-order valence-electron chi connectivity index (χ1n) is 26.2. The van der Waals surface area contributed by atoms with Crippen molar-refractivity contribution in [2.75, 3.05) is 45.6 Å². The molecule has 0 radical (unpaired) electrons. The summed E-state index contributed by atoms with van der Waals surface area (Å²) in [6.07, 6.45) is 8.10. The second-order valence-electron chi connectivity index (χ2n) is 23.1. The Bertz CT molecular complexity index is 3660. The molecule has 2 aliphatic rings. The SMILES string of the molecule is CC(NC(=O)c1cn(COCC[Si](C)(C)C)c2ncc(-c3nn(C)c4cc(Cl)ccc34)nc12)C1CN(S(C)(=O)=O)C1.CC(NC(=O)c1cn(COCC[Si](C)(C)C)c2ncc(-c3nn(C)c4cc(Cl)ccc34)nc12)C1CNC1.Cl. The van der Waals surface area contributed by atoms with Crippen LogP contribution in [0.5, 0.6) is 0 Å². The number of aromatic nitrogens is 10. The van der Waals surface area contributed by atoms with Gasteiger partial charge in [-0.05, 0) is 62.3 Å². The summed E-state index contributed by atoms with van der Waals surface area (Å²) in [5.41, 5.74) is 7.23. The quantitative estimate of drug-likeness (QED) is 0.0510. The fraction of sp³-hybridized carbons (Fsp3) is 0.472. The number of amides is 2. The molecular formula is C53H71Cl3N14O6SSi2. The van der Waals surface area contributed by atoms with Gasteiger partial charge >= 0.3 is 0 Å². The highest BCUT2D eigenvalue weighted by Crippen LogP contribution is 2.33. The molecule has 2 aromatic carbocycles. The zero-order chi connectivity index (χ0) is 56.0. The zero-order valence-electron chi connectivity index (χ0n) is 46.6. The minimum absolute atomic E-state index is 0. The molecule has 8 aromatic rings. The van der Waals surface area contributed by atoms with Gasteiger partial charge in [0.25, 0.3) is 11.8 Å². The van der Waals surface area contributed by atoms with Crippen LogP contribution in [-0.2, 0) is 47.1 Å². The molecule has 10 rings (SSSR count). The average molecular weight is 1190 g/mol. The molecular weight excluding hydrogens is 1120 g/mol. The van der Waals surface area contributed by atoms with Gasteiger partial charge in [0.05, 0.1) is 40.8 Å². The van der Waals surface area contributed by atoms with Gasteiger partial charge in [0.1, 0.15) is 47.3 Å². The number of carbonyl (C=O) groups excluding carboxylic acids is 2. The first-order chi connectivity index (χ1) is 36.8. The van der Waals surface area contributed by atoms with E-state index in [0.717, 1.165) is 47.0 Å². The molecule has 2 fully saturated rings. The number of rotatable bonds is 19. The number of nitrogens with one attached hydrogen (secondary N) is 3. The Hall–Kier alpha value is -5.35. The van der Waals surface area contributed by atoms with Crippen LogP contribution in [0, 0.1) is 11.8 Å². The van der Waals surface area contributed by atoms with Crippen LogP contribution < -0.4 is 16.0 Å². The number of aryl methyl sites for hydroxylation is 2. The maximum Gasteiger partial charge on any atom is 0.255 e. The summed E-state index contributed by atoms with van der Waals surface area (Å²) in [4.78, 5) is 46.2. The van der Waals surface area contributed by atoms with Crippen LogP contribution in [0.2, 0.25) is 61.4 Å². The Morgan fingerprint density at radius 2 is 1.13 bits per heavy atom. The minimum Gasteiger partial charge on any atom is -0.361 e. The molecule has 0 spiro atoms. The standard InChI is InChI=1S/C27H36ClN7O4SSi.C26H34ClN7O2Si.ClH/c1-17(18-13-35(14-18)40(3,37)38)30-27(36)21-15-34(16-39-9-10-41(4,5)6)26-25(21)31-22(12-29-26)24-20-8-7-19(28)11-23(20)33(2)32-24;1-16(17-11-28-12-17)30-26(35)20-14-34(15-36-8-9-37(3,4)5)25-24(20)31-21(13-29-25)23-19-7-6-18(27)10-22(19)33(2)32-23;/h7-8,11-12,15,17-18H,9-10,13-14,16H2,1-6H3,(H,30,36);6-7,10,13-14,16-17,28H,8-9,11-12,15H2,1-5H3,(H,30,35);1H. The van der Waals surface area contributed by atoms with Gasteiger partial charge in [0.2, 0.25) is 10.0 Å². The van der Waals surface area contributed by atoms with Crippen molar-refractivity contribution in [3.05, 3.63) is 82.4 Å². The minimum atomic E-state index is -3.23. The van der Waals surface area contributed by atoms with Gasteiger partial charge in [0, 0.05) is 127 Å². The van der Waals surface area contributed by atoms with Crippen molar-refractivity contribution in [2.24, 2.45) is 25.9 Å². The van der Waals surface area contributed by atoms with Gasteiger partial charge < -0.3 is 34.6 Å². The number of halogens is 3. The predicted molar refractivity (Wildman–Crippen MR) is 320 cm³/mol. The third-order valence-corrected chi connectivity index (χ3v) is 19.6. The summed E-state index contributed by atoms with van der Waals surface area (Å²) in [5, 5.41) is 21.9. The van der Waals surface area contributed by atoms with E-state index in [1.165, 1.54) is 10.6 Å². The lowest BCUT2D eigenvalue weighted by molar-refractivity contribution is 0.0868. The van der Waals surface area contributed by atoms with E-state index in [-0.39, 0.29) is 49.0 Å². The van der Waals surface area contributed by atoms with E-state index in [9.17, 15) is 18.0 Å². The summed E-state index contributed by atoms with van der Waals surface area (Å²) in [5.74, 6) is -0.00421. The Morgan fingerprint density at radius 3 is 1.51 bits per heavy atom. The van der Waals surface area contributed by atoms with Crippen molar-refractivity contribution in [1.29, 1.82) is 0 Å². The molecule has 0 saturated carbocycles. The average Bonchev–Trinajstić information content (AvgIpc) is 4.23. The molecule has 424 valence electrons. The summed E-state index contributed by atoms with van der Waals surface area (Å²) < 4.78 is 44.2. The van der Waals surface area contributed by atoms with Gasteiger partial charge in [-0.1, -0.05) is 62.5 Å². The smallest absolute Gasteiger partial charge is 0.255 e. The highest BCUT2D eigenvalue weighted by molar-refractivity contribution is 7.88. The van der Waals surface area contributed by atoms with Crippen molar-refractivity contribution >= 4 is 118 Å². The molecule has 8 heterocycles. The Morgan fingerprint density at radius 1 is 0.709 bits per heavy atom. The Labute approximate surface area is 478 Å². The number of carbonyl (C=O) groups is 2. The van der Waals surface area contributed by atoms with Crippen molar-refractivity contribution in [3.8, 4) is 22.8 Å². The maximum atomic E-state index is 13.6. The lowest BCUT2D eigenvalue weighted by Gasteiger charge is -2.40. The van der Waals surface area contributed by atoms with Gasteiger partial charge in [-0.25, -0.2) is 32.7 Å². The molecule has 2 amide bonds. The molecule has 0 bridgehead atoms. The summed E-state index contributed by atoms with van der Waals surface area (Å²) >= 11 is 12.4. The molecule has 0 aliphatic carbocycles. The lowest BCUT2D eigenvalue weighted by atomic mass is 9.95. The number of fused-ring (bicyclic) bond motifs is 4. The normalized spacial score (nSPS) is 15.4. The summed E-state index contributed by atoms with van der Waals surface area (Å²) in [6.45, 7) is 22.3. The lowest BCUT2D eigenvalue weighted by Crippen LogP contribution is -2.57. The van der Waals surface area contributed by atoms with E-state index >= 15 is 0 Å². The van der Waals surface area contributed by atoms with Gasteiger partial charge in [-0.15, -0.1) is 12.4 Å². The van der Waals surface area contributed by atoms with E-state index in [0.29, 0.717) is 105 Å². The third kappa shape index (κ3) is 13.7. The van der Waals surface area contributed by atoms with Crippen molar-refractivity contribution in [2.45, 2.75) is 90.8 Å². The first-order valence-corrected chi connectivity index (χ1v) is 36.2. The fourth-order valence-electron chi connectivity index (χ4n) is 9.31. The van der Waals surface area contributed by atoms with E-state index in [1.54, 1.807) is 44.8 Å². The summed E-state index contributed by atoms with van der Waals surface area (Å²) in [7, 11) is -1.99. The molecule has 79 heavy (non-hydrogen) atoms. The van der Waals surface area contributed by atoms with Crippen LogP contribution in [0.25, 0.3) is 66.9 Å². The van der Waals surface area contributed by atoms with Crippen LogP contribution in [0.4, 0.5) is 0 Å². The number of hydrogen-bond acceptors (Lipinski definition) is 13. The van der Waals surface area contributed by atoms with Gasteiger partial charge in [0.15, 0.2) is 11.3 Å². The van der Waals surface area contributed by atoms with Gasteiger partial charge in [-0.2, -0.15) is 10.2 Å². The predicted octanol–water partition coefficient (Wildman–Crippen LogP) is 8.67. The van der Waals surface area contributed by atoms with Crippen molar-refractivity contribution < 1.29 is 27.5 Å². The van der Waals surface area contributed by atoms with E-state index < -0.39 is 26.2 Å². The number of benzene rings is 2. The number of sulfonamides is 1. The highest BCUT2D eigenvalue weighted by atomic mass is 35.5. The third-order valence-electron chi connectivity index (χ3n) is 14.5. The van der Waals surface area contributed by atoms with Gasteiger partial charge in [-0.3, -0.25) is 19.0 Å². The van der Waals surface area contributed by atoms with Crippen LogP contribution in [-0.4, -0.2) is 147 Å². The largest absolute Gasteiger partial charge is 0.361 e. The summed E-state index contributed by atoms with van der Waals surface area (Å²) in [6, 6.07) is 13.1. The number of ether oxygens (including phenoxy) is 2. The Balaban J connectivity index is 0.000000206. The number of hydrogen-bond donors (Lipinski definition) is 3. The first kappa shape index (κ1) is 59.8. The number of nitrogens with zero attached hydrogens (tertiary/aromatic N) is 11. The van der Waals surface area contributed by atoms with E-state index in [1.807, 2.05) is 62.8 Å². The van der Waals surface area contributed by atoms with Crippen LogP contribution in [0.1, 0.15) is 34.6 Å². The molecule has 2 aliphatic heterocycles. The Kier molecular flexibility index (Phi) is 18.2. The molecule has 2 unspecified atom stereocenters. The molecule has 2 atom stereocenters. The topological polar surface area (TPSA) is 223 Å². The monoisotopic (exact) mass is 1190 g/mol. The zero-order valence-corrected chi connectivity index (χ0v) is 51.7. The molecule has 3 N–H and O–H groups in total. The maximum absolute atomic E-state index is 13.6. The van der Waals surface area contributed by atoms with Crippen molar-refractivity contribution in [3.63, 3.8) is 0 Å². The fourth-order valence-corrected chi connectivity index (χ4v) is 12.1. The molecule has 26 heteroatoms. The second-order valence-corrected chi connectivity index (χ2v) is 37.2. The molecule has 6 aromatic heterocycles. The van der Waals surface area contributed by atoms with Crippen LogP contribution in [0.3, 0.4) is 0 Å². The van der Waals surface area contributed by atoms with Crippen molar-refractivity contribution in [1.82, 2.24) is 68.9 Å². The van der Waals surface area contributed by atoms with Crippen LogP contribution in [0.15, 0.2) is 61.2 Å².